The summed E-state index contributed by atoms with van der Waals surface area (Å²) < 4.78 is 0. The van der Waals surface area contributed by atoms with Crippen LogP contribution in [0.5, 0.6) is 5.75 Å². The van der Waals surface area contributed by atoms with Gasteiger partial charge >= 0.3 is 0 Å². The minimum Gasteiger partial charge on any atom is -0.506 e. The molecule has 0 aliphatic heterocycles. The Labute approximate surface area is 101 Å². The van der Waals surface area contributed by atoms with Gasteiger partial charge in [-0.2, -0.15) is 0 Å². The normalized spacial score (nSPS) is 15.3. The van der Waals surface area contributed by atoms with E-state index in [2.05, 4.69) is 5.32 Å². The van der Waals surface area contributed by atoms with Crippen LogP contribution in [0.15, 0.2) is 18.2 Å². The number of aromatic hydroxyl groups is 1. The second-order valence-corrected chi connectivity index (χ2v) is 4.62. The molecule has 0 heterocycles. The van der Waals surface area contributed by atoms with Gasteiger partial charge in [0, 0.05) is 12.1 Å². The fourth-order valence-electron chi connectivity index (χ4n) is 1.96. The first-order valence-corrected chi connectivity index (χ1v) is 6.03. The molecule has 0 aromatic heterocycles. The average molecular weight is 234 g/mol. The van der Waals surface area contributed by atoms with Gasteiger partial charge in [-0.05, 0) is 30.5 Å². The number of phenolic OH excluding ortho intramolecular Hbond substituents is 1. The lowest BCUT2D eigenvalue weighted by Crippen LogP contribution is -2.27. The minimum atomic E-state index is -0.153. The molecule has 0 spiro atoms. The average Bonchev–Trinajstić information content (AvgIpc) is 2.25. The van der Waals surface area contributed by atoms with E-state index in [9.17, 15) is 9.90 Å². The van der Waals surface area contributed by atoms with Crippen molar-refractivity contribution >= 4 is 11.6 Å². The van der Waals surface area contributed by atoms with Gasteiger partial charge in [-0.15, -0.1) is 0 Å². The summed E-state index contributed by atoms with van der Waals surface area (Å²) in [5.74, 6) is 0.589. The molecule has 4 N–H and O–H groups in total. The van der Waals surface area contributed by atoms with Gasteiger partial charge in [0.1, 0.15) is 5.75 Å². The highest BCUT2D eigenvalue weighted by Crippen LogP contribution is 2.28. The van der Waals surface area contributed by atoms with Crippen LogP contribution in [-0.2, 0) is 0 Å². The van der Waals surface area contributed by atoms with Crippen molar-refractivity contribution in [1.29, 1.82) is 0 Å². The number of amides is 1. The van der Waals surface area contributed by atoms with Gasteiger partial charge in [0.15, 0.2) is 0 Å². The number of nitrogens with two attached hydrogens (primary N) is 1. The minimum absolute atomic E-state index is 0.0448. The third-order valence-electron chi connectivity index (χ3n) is 3.36. The maximum atomic E-state index is 11.7. The number of nitrogen functional groups attached to an aromatic ring is 1. The molecule has 4 heteroatoms. The summed E-state index contributed by atoms with van der Waals surface area (Å²) in [6.45, 7) is 0.703. The molecule has 0 saturated heterocycles. The van der Waals surface area contributed by atoms with Crippen molar-refractivity contribution in [2.45, 2.75) is 25.7 Å². The number of hydrogen-bond donors (Lipinski definition) is 3. The maximum absolute atomic E-state index is 11.7. The standard InChI is InChI=1S/C13H18N2O2/c14-11-5-4-10(8-12(11)16)13(17)15-7-6-9-2-1-3-9/h4-5,8-9,16H,1-3,6-7,14H2,(H,15,17). The van der Waals surface area contributed by atoms with Crippen LogP contribution < -0.4 is 11.1 Å². The fourth-order valence-corrected chi connectivity index (χ4v) is 1.96. The lowest BCUT2D eigenvalue weighted by atomic mass is 9.83. The highest BCUT2D eigenvalue weighted by atomic mass is 16.3. The van der Waals surface area contributed by atoms with E-state index in [1.807, 2.05) is 0 Å². The van der Waals surface area contributed by atoms with E-state index in [1.165, 1.54) is 31.4 Å². The van der Waals surface area contributed by atoms with E-state index in [1.54, 1.807) is 6.07 Å². The number of hydrogen-bond acceptors (Lipinski definition) is 3. The SMILES string of the molecule is Nc1ccc(C(=O)NCCC2CCC2)cc1O. The Hall–Kier alpha value is -1.71. The van der Waals surface area contributed by atoms with Crippen LogP contribution in [0.4, 0.5) is 5.69 Å². The number of nitrogens with one attached hydrogen (secondary N) is 1. The monoisotopic (exact) mass is 234 g/mol. The first kappa shape index (κ1) is 11.8. The predicted molar refractivity (Wildman–Crippen MR) is 66.8 cm³/mol. The molecule has 0 radical (unpaired) electrons. The third kappa shape index (κ3) is 2.90. The Morgan fingerprint density at radius 2 is 2.24 bits per heavy atom. The molecule has 0 bridgehead atoms. The largest absolute Gasteiger partial charge is 0.506 e. The number of phenols is 1. The van der Waals surface area contributed by atoms with E-state index in [0.29, 0.717) is 12.1 Å². The van der Waals surface area contributed by atoms with Gasteiger partial charge in [-0.3, -0.25) is 4.79 Å². The number of benzene rings is 1. The van der Waals surface area contributed by atoms with Gasteiger partial charge in [0.25, 0.3) is 5.91 Å². The molecule has 92 valence electrons. The van der Waals surface area contributed by atoms with Crippen LogP contribution >= 0.6 is 0 Å². The first-order valence-electron chi connectivity index (χ1n) is 6.03. The topological polar surface area (TPSA) is 75.4 Å². The second kappa shape index (κ2) is 5.08. The molecule has 1 fully saturated rings. The van der Waals surface area contributed by atoms with E-state index in [4.69, 9.17) is 5.73 Å². The fraction of sp³-hybridized carbons (Fsp3) is 0.462. The van der Waals surface area contributed by atoms with Gasteiger partial charge in [-0.25, -0.2) is 0 Å². The lowest BCUT2D eigenvalue weighted by molar-refractivity contribution is 0.0948. The molecule has 0 atom stereocenters. The molecule has 1 aliphatic rings. The molecule has 1 amide bonds. The molecule has 1 aromatic rings. The smallest absolute Gasteiger partial charge is 0.251 e. The highest BCUT2D eigenvalue weighted by molar-refractivity contribution is 5.95. The Kier molecular flexibility index (Phi) is 3.52. The molecule has 17 heavy (non-hydrogen) atoms. The van der Waals surface area contributed by atoms with Crippen LogP contribution in [0.2, 0.25) is 0 Å². The number of anilines is 1. The predicted octanol–water partition coefficient (Wildman–Crippen LogP) is 1.89. The molecule has 1 saturated carbocycles. The Bertz CT molecular complexity index is 414. The summed E-state index contributed by atoms with van der Waals surface area (Å²) >= 11 is 0. The Balaban J connectivity index is 1.83. The molecule has 0 unspecified atom stereocenters. The number of carbonyl (C=O) groups excluding carboxylic acids is 1. The zero-order chi connectivity index (χ0) is 12.3. The van der Waals surface area contributed by atoms with Gasteiger partial charge < -0.3 is 16.2 Å². The third-order valence-corrected chi connectivity index (χ3v) is 3.36. The van der Waals surface area contributed by atoms with Crippen LogP contribution in [0, 0.1) is 5.92 Å². The summed E-state index contributed by atoms with van der Waals surface area (Å²) in [5, 5.41) is 12.3. The Morgan fingerprint density at radius 1 is 1.47 bits per heavy atom. The highest BCUT2D eigenvalue weighted by Gasteiger charge is 2.17. The summed E-state index contributed by atoms with van der Waals surface area (Å²) in [6, 6.07) is 4.55. The Morgan fingerprint density at radius 3 is 2.82 bits per heavy atom. The van der Waals surface area contributed by atoms with E-state index < -0.39 is 0 Å². The molecule has 4 nitrogen and oxygen atoms in total. The van der Waals surface area contributed by atoms with Crippen molar-refractivity contribution in [3.8, 4) is 5.75 Å². The van der Waals surface area contributed by atoms with Gasteiger partial charge in [0.2, 0.25) is 0 Å². The summed E-state index contributed by atoms with van der Waals surface area (Å²) in [7, 11) is 0. The quantitative estimate of drug-likeness (QED) is 0.550. The van der Waals surface area contributed by atoms with Crippen molar-refractivity contribution in [1.82, 2.24) is 5.32 Å². The van der Waals surface area contributed by atoms with Crippen molar-refractivity contribution in [2.24, 2.45) is 5.92 Å². The van der Waals surface area contributed by atoms with Crippen LogP contribution in [0.25, 0.3) is 0 Å². The first-order chi connectivity index (χ1) is 8.16. The molecule has 2 rings (SSSR count). The van der Waals surface area contributed by atoms with E-state index in [0.717, 1.165) is 12.3 Å². The second-order valence-electron chi connectivity index (χ2n) is 4.62. The lowest BCUT2D eigenvalue weighted by Gasteiger charge is -2.25. The van der Waals surface area contributed by atoms with Gasteiger partial charge in [0.05, 0.1) is 5.69 Å². The summed E-state index contributed by atoms with van der Waals surface area (Å²) in [6.07, 6.45) is 4.95. The molecular weight excluding hydrogens is 216 g/mol. The van der Waals surface area contributed by atoms with Gasteiger partial charge in [-0.1, -0.05) is 19.3 Å². The van der Waals surface area contributed by atoms with Crippen LogP contribution in [-0.4, -0.2) is 17.6 Å². The van der Waals surface area contributed by atoms with E-state index in [-0.39, 0.29) is 17.3 Å². The summed E-state index contributed by atoms with van der Waals surface area (Å²) in [5.41, 5.74) is 6.21. The van der Waals surface area contributed by atoms with Crippen LogP contribution in [0.1, 0.15) is 36.0 Å². The zero-order valence-corrected chi connectivity index (χ0v) is 9.78. The van der Waals surface area contributed by atoms with Crippen molar-refractivity contribution in [3.63, 3.8) is 0 Å². The molecular formula is C13H18N2O2. The summed E-state index contributed by atoms with van der Waals surface area (Å²) in [4.78, 5) is 11.7. The molecule has 1 aromatic carbocycles. The number of rotatable bonds is 4. The van der Waals surface area contributed by atoms with Crippen molar-refractivity contribution in [2.75, 3.05) is 12.3 Å². The zero-order valence-electron chi connectivity index (χ0n) is 9.78. The number of carbonyl (C=O) groups is 1. The van der Waals surface area contributed by atoms with Crippen molar-refractivity contribution < 1.29 is 9.90 Å². The van der Waals surface area contributed by atoms with Crippen molar-refractivity contribution in [3.05, 3.63) is 23.8 Å². The molecule has 1 aliphatic carbocycles. The maximum Gasteiger partial charge on any atom is 0.251 e. The van der Waals surface area contributed by atoms with Crippen LogP contribution in [0.3, 0.4) is 0 Å². The van der Waals surface area contributed by atoms with E-state index >= 15 is 0 Å².